The molecule has 1 aromatic rings. The summed E-state index contributed by atoms with van der Waals surface area (Å²) in [4.78, 5) is 18.2. The standard InChI is InChI=1S/C10H14ClN3O3/c1-4-7(11)6(2)8-9(14(15)16)10(17-3)13-5-12-8/h5-7H,4H2,1-3H3. The van der Waals surface area contributed by atoms with E-state index in [0.717, 1.165) is 0 Å². The molecule has 0 saturated heterocycles. The van der Waals surface area contributed by atoms with E-state index < -0.39 is 4.92 Å². The van der Waals surface area contributed by atoms with Crippen molar-refractivity contribution in [1.29, 1.82) is 0 Å². The van der Waals surface area contributed by atoms with Crippen molar-refractivity contribution in [3.05, 3.63) is 22.1 Å². The number of hydrogen-bond donors (Lipinski definition) is 0. The lowest BCUT2D eigenvalue weighted by atomic mass is 10.00. The molecule has 1 aromatic heterocycles. The van der Waals surface area contributed by atoms with Crippen molar-refractivity contribution < 1.29 is 9.66 Å². The molecule has 0 aliphatic rings. The second-order valence-corrected chi connectivity index (χ2v) is 4.15. The molecule has 2 atom stereocenters. The zero-order valence-electron chi connectivity index (χ0n) is 9.88. The average molecular weight is 260 g/mol. The summed E-state index contributed by atoms with van der Waals surface area (Å²) >= 11 is 6.10. The van der Waals surface area contributed by atoms with Crippen LogP contribution >= 0.6 is 11.6 Å². The first-order valence-electron chi connectivity index (χ1n) is 5.20. The van der Waals surface area contributed by atoms with Crippen LogP contribution < -0.4 is 4.74 Å². The lowest BCUT2D eigenvalue weighted by Crippen LogP contribution is -2.13. The summed E-state index contributed by atoms with van der Waals surface area (Å²) in [6, 6.07) is 0. The lowest BCUT2D eigenvalue weighted by molar-refractivity contribution is -0.387. The SMILES string of the molecule is CCC(Cl)C(C)c1ncnc(OC)c1[N+](=O)[O-]. The van der Waals surface area contributed by atoms with E-state index >= 15 is 0 Å². The Labute approximate surface area is 104 Å². The highest BCUT2D eigenvalue weighted by Gasteiger charge is 2.30. The third kappa shape index (κ3) is 2.82. The van der Waals surface area contributed by atoms with Crippen LogP contribution in [0.5, 0.6) is 5.88 Å². The van der Waals surface area contributed by atoms with E-state index in [-0.39, 0.29) is 22.9 Å². The number of alkyl halides is 1. The van der Waals surface area contributed by atoms with Crippen LogP contribution in [0.3, 0.4) is 0 Å². The topological polar surface area (TPSA) is 78.2 Å². The number of nitro groups is 1. The summed E-state index contributed by atoms with van der Waals surface area (Å²) in [6.07, 6.45) is 1.95. The van der Waals surface area contributed by atoms with Gasteiger partial charge in [-0.1, -0.05) is 13.8 Å². The number of hydrogen-bond acceptors (Lipinski definition) is 5. The Balaban J connectivity index is 3.27. The second-order valence-electron chi connectivity index (χ2n) is 3.59. The van der Waals surface area contributed by atoms with Crippen molar-refractivity contribution in [1.82, 2.24) is 9.97 Å². The summed E-state index contributed by atoms with van der Waals surface area (Å²) in [7, 11) is 1.34. The Kier molecular flexibility index (Phi) is 4.62. The van der Waals surface area contributed by atoms with E-state index in [9.17, 15) is 10.1 Å². The molecule has 2 unspecified atom stereocenters. The number of ether oxygens (including phenoxy) is 1. The van der Waals surface area contributed by atoms with E-state index in [2.05, 4.69) is 9.97 Å². The quantitative estimate of drug-likeness (QED) is 0.461. The largest absolute Gasteiger partial charge is 0.476 e. The van der Waals surface area contributed by atoms with Crippen LogP contribution in [0.4, 0.5) is 5.69 Å². The van der Waals surface area contributed by atoms with Crippen molar-refractivity contribution in [2.75, 3.05) is 7.11 Å². The molecule has 0 fully saturated rings. The molecule has 0 radical (unpaired) electrons. The van der Waals surface area contributed by atoms with Crippen molar-refractivity contribution in [3.8, 4) is 5.88 Å². The van der Waals surface area contributed by atoms with Gasteiger partial charge in [-0.05, 0) is 6.42 Å². The summed E-state index contributed by atoms with van der Waals surface area (Å²) in [5.74, 6) is -0.272. The van der Waals surface area contributed by atoms with Gasteiger partial charge in [-0.2, -0.15) is 4.98 Å². The van der Waals surface area contributed by atoms with Crippen LogP contribution in [0.2, 0.25) is 0 Å². The molecule has 0 aliphatic heterocycles. The Bertz CT molecular complexity index is 414. The molecular weight excluding hydrogens is 246 g/mol. The van der Waals surface area contributed by atoms with Gasteiger partial charge in [0.05, 0.1) is 12.0 Å². The van der Waals surface area contributed by atoms with E-state index in [1.165, 1.54) is 13.4 Å². The highest BCUT2D eigenvalue weighted by Crippen LogP contribution is 2.35. The first-order valence-corrected chi connectivity index (χ1v) is 5.63. The van der Waals surface area contributed by atoms with E-state index in [1.54, 1.807) is 6.92 Å². The van der Waals surface area contributed by atoms with Gasteiger partial charge in [0.25, 0.3) is 5.88 Å². The van der Waals surface area contributed by atoms with Gasteiger partial charge >= 0.3 is 5.69 Å². The average Bonchev–Trinajstić information content (AvgIpc) is 2.35. The van der Waals surface area contributed by atoms with Crippen LogP contribution in [0, 0.1) is 10.1 Å². The van der Waals surface area contributed by atoms with Crippen LogP contribution in [-0.2, 0) is 0 Å². The van der Waals surface area contributed by atoms with Gasteiger partial charge in [0, 0.05) is 11.3 Å². The maximum Gasteiger partial charge on any atom is 0.352 e. The smallest absolute Gasteiger partial charge is 0.352 e. The van der Waals surface area contributed by atoms with Gasteiger partial charge in [0.15, 0.2) is 0 Å². The van der Waals surface area contributed by atoms with Gasteiger partial charge in [0.1, 0.15) is 12.0 Å². The number of nitrogens with zero attached hydrogens (tertiary/aromatic N) is 3. The number of methoxy groups -OCH3 is 1. The molecule has 0 amide bonds. The Morgan fingerprint density at radius 3 is 2.71 bits per heavy atom. The lowest BCUT2D eigenvalue weighted by Gasteiger charge is -2.15. The molecule has 94 valence electrons. The van der Waals surface area contributed by atoms with Crippen LogP contribution in [0.1, 0.15) is 31.9 Å². The van der Waals surface area contributed by atoms with Crippen molar-refractivity contribution in [2.24, 2.45) is 0 Å². The van der Waals surface area contributed by atoms with E-state index in [4.69, 9.17) is 16.3 Å². The first kappa shape index (κ1) is 13.6. The minimum absolute atomic E-state index is 0.0354. The van der Waals surface area contributed by atoms with Gasteiger partial charge in [-0.15, -0.1) is 11.6 Å². The molecule has 0 saturated carbocycles. The third-order valence-corrected chi connectivity index (χ3v) is 3.24. The van der Waals surface area contributed by atoms with Crippen LogP contribution in [0.25, 0.3) is 0 Å². The van der Waals surface area contributed by atoms with Gasteiger partial charge in [0.2, 0.25) is 0 Å². The third-order valence-electron chi connectivity index (χ3n) is 2.56. The number of halogens is 1. The highest BCUT2D eigenvalue weighted by molar-refractivity contribution is 6.21. The van der Waals surface area contributed by atoms with E-state index in [1.807, 2.05) is 6.92 Å². The zero-order chi connectivity index (χ0) is 13.0. The molecule has 1 heterocycles. The second kappa shape index (κ2) is 5.77. The molecule has 6 nitrogen and oxygen atoms in total. The minimum Gasteiger partial charge on any atom is -0.476 e. The number of aromatic nitrogens is 2. The minimum atomic E-state index is -0.538. The highest BCUT2D eigenvalue weighted by atomic mass is 35.5. The Hall–Kier alpha value is -1.43. The monoisotopic (exact) mass is 259 g/mol. The summed E-state index contributed by atoms with van der Waals surface area (Å²) in [5, 5.41) is 10.8. The molecule has 17 heavy (non-hydrogen) atoms. The molecular formula is C10H14ClN3O3. The van der Waals surface area contributed by atoms with Gasteiger partial charge in [-0.3, -0.25) is 10.1 Å². The number of rotatable bonds is 5. The Morgan fingerprint density at radius 2 is 2.24 bits per heavy atom. The predicted octanol–water partition coefficient (Wildman–Crippen LogP) is 2.51. The van der Waals surface area contributed by atoms with Gasteiger partial charge < -0.3 is 4.74 Å². The maximum atomic E-state index is 11.0. The molecule has 7 heteroatoms. The summed E-state index contributed by atoms with van der Waals surface area (Å²) in [6.45, 7) is 3.72. The summed E-state index contributed by atoms with van der Waals surface area (Å²) < 4.78 is 4.87. The van der Waals surface area contributed by atoms with Crippen molar-refractivity contribution in [3.63, 3.8) is 0 Å². The van der Waals surface area contributed by atoms with E-state index in [0.29, 0.717) is 12.1 Å². The van der Waals surface area contributed by atoms with Crippen LogP contribution in [0.15, 0.2) is 6.33 Å². The normalized spacial score (nSPS) is 14.1. The van der Waals surface area contributed by atoms with Gasteiger partial charge in [-0.25, -0.2) is 4.98 Å². The zero-order valence-corrected chi connectivity index (χ0v) is 10.6. The molecule has 0 bridgehead atoms. The molecule has 0 aliphatic carbocycles. The Morgan fingerprint density at radius 1 is 1.59 bits per heavy atom. The maximum absolute atomic E-state index is 11.0. The van der Waals surface area contributed by atoms with Crippen molar-refractivity contribution >= 4 is 17.3 Å². The fraction of sp³-hybridized carbons (Fsp3) is 0.600. The molecule has 0 N–H and O–H groups in total. The summed E-state index contributed by atoms with van der Waals surface area (Å²) in [5.41, 5.74) is 0.102. The van der Waals surface area contributed by atoms with Crippen LogP contribution in [-0.4, -0.2) is 27.4 Å². The fourth-order valence-electron chi connectivity index (χ4n) is 1.55. The fourth-order valence-corrected chi connectivity index (χ4v) is 1.67. The molecule has 1 rings (SSSR count). The van der Waals surface area contributed by atoms with Crippen molar-refractivity contribution in [2.45, 2.75) is 31.6 Å². The molecule has 0 spiro atoms. The first-order chi connectivity index (χ1) is 8.02. The predicted molar refractivity (Wildman–Crippen MR) is 63.6 cm³/mol. The molecule has 0 aromatic carbocycles.